The summed E-state index contributed by atoms with van der Waals surface area (Å²) in [6.07, 6.45) is 3.75. The van der Waals surface area contributed by atoms with Gasteiger partial charge in [-0.1, -0.05) is 13.8 Å². The molecule has 7 nitrogen and oxygen atoms in total. The van der Waals surface area contributed by atoms with Crippen LogP contribution in [-0.2, 0) is 4.79 Å². The summed E-state index contributed by atoms with van der Waals surface area (Å²) in [5.41, 5.74) is 2.07. The third-order valence-corrected chi connectivity index (χ3v) is 5.05. The molecule has 1 atom stereocenters. The maximum atomic E-state index is 13.0. The van der Waals surface area contributed by atoms with E-state index in [0.717, 1.165) is 31.6 Å². The number of likely N-dealkylation sites (tertiary alicyclic amines) is 1. The summed E-state index contributed by atoms with van der Waals surface area (Å²) < 4.78 is 1.83. The summed E-state index contributed by atoms with van der Waals surface area (Å²) in [7, 11) is 0. The molecule has 2 amide bonds. The van der Waals surface area contributed by atoms with Gasteiger partial charge in [0, 0.05) is 24.8 Å². The Balaban J connectivity index is 1.92. The molecule has 1 N–H and O–H groups in total. The molecule has 2 aromatic heterocycles. The second kappa shape index (κ2) is 7.66. The molecular formula is C20H29N5O2. The molecule has 7 heteroatoms. The summed E-state index contributed by atoms with van der Waals surface area (Å²) >= 11 is 0. The topological polar surface area (TPSA) is 80.1 Å². The quantitative estimate of drug-likeness (QED) is 0.876. The van der Waals surface area contributed by atoms with Crippen molar-refractivity contribution in [2.24, 2.45) is 0 Å². The molecule has 3 heterocycles. The number of hydrogen-bond donors (Lipinski definition) is 1. The van der Waals surface area contributed by atoms with Gasteiger partial charge in [0.25, 0.3) is 5.91 Å². The van der Waals surface area contributed by atoms with Gasteiger partial charge in [0.2, 0.25) is 5.91 Å². The smallest absolute Gasteiger partial charge is 0.252 e. The first-order valence-electron chi connectivity index (χ1n) is 9.77. The summed E-state index contributed by atoms with van der Waals surface area (Å²) in [6.45, 7) is 11.5. The minimum Gasteiger partial charge on any atom is -0.341 e. The molecule has 0 spiro atoms. The average Bonchev–Trinajstić information content (AvgIpc) is 3.29. The first kappa shape index (κ1) is 19.3. The van der Waals surface area contributed by atoms with Gasteiger partial charge < -0.3 is 10.2 Å². The number of nitrogens with zero attached hydrogens (tertiary/aromatic N) is 4. The summed E-state index contributed by atoms with van der Waals surface area (Å²) in [4.78, 5) is 32.1. The van der Waals surface area contributed by atoms with Crippen LogP contribution in [0.5, 0.6) is 0 Å². The lowest BCUT2D eigenvalue weighted by atomic mass is 10.0. The van der Waals surface area contributed by atoms with Gasteiger partial charge in [0.05, 0.1) is 17.1 Å². The van der Waals surface area contributed by atoms with Crippen molar-refractivity contribution < 1.29 is 9.59 Å². The van der Waals surface area contributed by atoms with Crippen molar-refractivity contribution in [1.29, 1.82) is 0 Å². The van der Waals surface area contributed by atoms with Crippen LogP contribution in [0.2, 0.25) is 0 Å². The van der Waals surface area contributed by atoms with Crippen molar-refractivity contribution in [1.82, 2.24) is 25.0 Å². The molecule has 0 unspecified atom stereocenters. The van der Waals surface area contributed by atoms with Crippen LogP contribution in [-0.4, -0.2) is 50.6 Å². The summed E-state index contributed by atoms with van der Waals surface area (Å²) in [6, 6.07) is 1.41. The Morgan fingerprint density at radius 1 is 1.11 bits per heavy atom. The molecule has 1 fully saturated rings. The van der Waals surface area contributed by atoms with Crippen LogP contribution in [0.3, 0.4) is 0 Å². The van der Waals surface area contributed by atoms with Crippen LogP contribution in [0.25, 0.3) is 11.0 Å². The fourth-order valence-electron chi connectivity index (χ4n) is 3.45. The zero-order chi connectivity index (χ0) is 19.7. The molecule has 146 valence electrons. The molecule has 1 aliphatic rings. The van der Waals surface area contributed by atoms with Crippen molar-refractivity contribution >= 4 is 22.8 Å². The number of amides is 2. The molecule has 3 rings (SSSR count). The second-order valence-electron chi connectivity index (χ2n) is 7.90. The van der Waals surface area contributed by atoms with E-state index in [2.05, 4.69) is 10.4 Å². The number of carbonyl (C=O) groups is 2. The molecule has 1 saturated heterocycles. The maximum Gasteiger partial charge on any atom is 0.252 e. The molecule has 2 aromatic rings. The average molecular weight is 371 g/mol. The molecule has 0 aromatic carbocycles. The molecule has 0 bridgehead atoms. The van der Waals surface area contributed by atoms with Crippen molar-refractivity contribution in [2.45, 2.75) is 65.5 Å². The van der Waals surface area contributed by atoms with Gasteiger partial charge in [-0.25, -0.2) is 9.67 Å². The third kappa shape index (κ3) is 3.82. The van der Waals surface area contributed by atoms with Crippen LogP contribution in [0.1, 0.15) is 75.5 Å². The largest absolute Gasteiger partial charge is 0.341 e. The normalized spacial score (nSPS) is 15.7. The standard InChI is InChI=1S/C20H29N5O2/c1-12(2)17-10-15(16-11-21-25(13(3)4)18(16)23-17)19(26)22-14(5)20(27)24-8-6-7-9-24/h10-14H,6-9H2,1-5H3,(H,22,26)/t14-/m0/s1. The van der Waals surface area contributed by atoms with E-state index in [-0.39, 0.29) is 23.8 Å². The lowest BCUT2D eigenvalue weighted by Gasteiger charge is -2.21. The maximum absolute atomic E-state index is 13.0. The number of carbonyl (C=O) groups excluding carboxylic acids is 2. The molecule has 27 heavy (non-hydrogen) atoms. The van der Waals surface area contributed by atoms with Crippen molar-refractivity contribution in [3.05, 3.63) is 23.5 Å². The van der Waals surface area contributed by atoms with Crippen LogP contribution >= 0.6 is 0 Å². The summed E-state index contributed by atoms with van der Waals surface area (Å²) in [5.74, 6) is -0.0964. The Labute approximate surface area is 160 Å². The van der Waals surface area contributed by atoms with Gasteiger partial charge in [-0.05, 0) is 45.6 Å². The van der Waals surface area contributed by atoms with Crippen LogP contribution in [0.15, 0.2) is 12.3 Å². The monoisotopic (exact) mass is 371 g/mol. The van der Waals surface area contributed by atoms with Gasteiger partial charge >= 0.3 is 0 Å². The minimum atomic E-state index is -0.554. The number of fused-ring (bicyclic) bond motifs is 1. The highest BCUT2D eigenvalue weighted by Gasteiger charge is 2.26. The van der Waals surface area contributed by atoms with Crippen LogP contribution in [0, 0.1) is 0 Å². The highest BCUT2D eigenvalue weighted by Crippen LogP contribution is 2.24. The van der Waals surface area contributed by atoms with Gasteiger partial charge in [0.1, 0.15) is 6.04 Å². The van der Waals surface area contributed by atoms with Gasteiger partial charge in [0.15, 0.2) is 5.65 Å². The summed E-state index contributed by atoms with van der Waals surface area (Å²) in [5, 5.41) is 8.00. The lowest BCUT2D eigenvalue weighted by molar-refractivity contribution is -0.131. The first-order valence-corrected chi connectivity index (χ1v) is 9.77. The van der Waals surface area contributed by atoms with E-state index < -0.39 is 6.04 Å². The van der Waals surface area contributed by atoms with E-state index in [1.807, 2.05) is 43.3 Å². The molecule has 0 radical (unpaired) electrons. The van der Waals surface area contributed by atoms with Crippen molar-refractivity contribution in [3.8, 4) is 0 Å². The molecule has 1 aliphatic heterocycles. The number of rotatable bonds is 5. The van der Waals surface area contributed by atoms with Crippen molar-refractivity contribution in [2.75, 3.05) is 13.1 Å². The number of aromatic nitrogens is 3. The van der Waals surface area contributed by atoms with Gasteiger partial charge in [-0.2, -0.15) is 5.10 Å². The Morgan fingerprint density at radius 3 is 2.37 bits per heavy atom. The van der Waals surface area contributed by atoms with E-state index in [9.17, 15) is 9.59 Å². The Bertz CT molecular complexity index is 849. The fraction of sp³-hybridized carbons (Fsp3) is 0.600. The third-order valence-electron chi connectivity index (χ3n) is 5.05. The Hall–Kier alpha value is -2.44. The number of nitrogens with one attached hydrogen (secondary N) is 1. The zero-order valence-corrected chi connectivity index (χ0v) is 16.8. The van der Waals surface area contributed by atoms with E-state index in [1.54, 1.807) is 13.1 Å². The molecule has 0 aliphatic carbocycles. The fourth-order valence-corrected chi connectivity index (χ4v) is 3.45. The van der Waals surface area contributed by atoms with Crippen LogP contribution < -0.4 is 5.32 Å². The van der Waals surface area contributed by atoms with Gasteiger partial charge in [-0.15, -0.1) is 0 Å². The predicted octanol–water partition coefficient (Wildman–Crippen LogP) is 2.88. The van der Waals surface area contributed by atoms with Gasteiger partial charge in [-0.3, -0.25) is 9.59 Å². The van der Waals surface area contributed by atoms with E-state index >= 15 is 0 Å². The van der Waals surface area contributed by atoms with E-state index in [4.69, 9.17) is 4.98 Å². The zero-order valence-electron chi connectivity index (χ0n) is 16.8. The van der Waals surface area contributed by atoms with Crippen molar-refractivity contribution in [3.63, 3.8) is 0 Å². The van der Waals surface area contributed by atoms with E-state index in [1.165, 1.54) is 0 Å². The Morgan fingerprint density at radius 2 is 1.78 bits per heavy atom. The van der Waals surface area contributed by atoms with E-state index in [0.29, 0.717) is 16.6 Å². The molecule has 0 saturated carbocycles. The minimum absolute atomic E-state index is 0.0203. The first-order chi connectivity index (χ1) is 12.8. The number of hydrogen-bond acceptors (Lipinski definition) is 4. The second-order valence-corrected chi connectivity index (χ2v) is 7.90. The Kier molecular flexibility index (Phi) is 5.48. The van der Waals surface area contributed by atoms with Crippen LogP contribution in [0.4, 0.5) is 0 Å². The number of pyridine rings is 1. The SMILES string of the molecule is CC(C)c1cc(C(=O)N[C@@H](C)C(=O)N2CCCC2)c2cnn(C(C)C)c2n1. The predicted molar refractivity (Wildman–Crippen MR) is 105 cm³/mol. The lowest BCUT2D eigenvalue weighted by Crippen LogP contribution is -2.46. The highest BCUT2D eigenvalue weighted by molar-refractivity contribution is 6.06. The molecular weight excluding hydrogens is 342 g/mol. The highest BCUT2D eigenvalue weighted by atomic mass is 16.2.